The van der Waals surface area contributed by atoms with Crippen molar-refractivity contribution in [3.63, 3.8) is 0 Å². The molecule has 5 heteroatoms. The van der Waals surface area contributed by atoms with Crippen LogP contribution < -0.4 is 5.32 Å². The summed E-state index contributed by atoms with van der Waals surface area (Å²) in [5, 5.41) is 8.44. The van der Waals surface area contributed by atoms with E-state index in [1.165, 1.54) is 37.8 Å². The zero-order valence-corrected chi connectivity index (χ0v) is 15.7. The Labute approximate surface area is 155 Å². The number of rotatable bonds is 2. The third-order valence-corrected chi connectivity index (χ3v) is 7.02. The van der Waals surface area contributed by atoms with Gasteiger partial charge in [-0.05, 0) is 43.7 Å². The lowest BCUT2D eigenvalue weighted by molar-refractivity contribution is 0.0623. The van der Waals surface area contributed by atoms with Gasteiger partial charge >= 0.3 is 0 Å². The van der Waals surface area contributed by atoms with Gasteiger partial charge < -0.3 is 10.2 Å². The highest BCUT2D eigenvalue weighted by molar-refractivity contribution is 5.76. The molecule has 0 radical (unpaired) electrons. The molecule has 0 bridgehead atoms. The molecule has 1 N–H and O–H groups in total. The summed E-state index contributed by atoms with van der Waals surface area (Å²) in [4.78, 5) is 7.32. The Bertz CT molecular complexity index is 766. The van der Waals surface area contributed by atoms with Gasteiger partial charge in [-0.1, -0.05) is 25.5 Å². The summed E-state index contributed by atoms with van der Waals surface area (Å²) in [5.74, 6) is 1.98. The third-order valence-electron chi connectivity index (χ3n) is 7.02. The molecule has 2 fully saturated rings. The van der Waals surface area contributed by atoms with Gasteiger partial charge in [0, 0.05) is 43.2 Å². The molecule has 0 unspecified atom stereocenters. The van der Waals surface area contributed by atoms with Crippen LogP contribution in [0.25, 0.3) is 11.4 Å². The van der Waals surface area contributed by atoms with E-state index in [1.807, 2.05) is 0 Å². The molecular weight excluding hydrogens is 322 g/mol. The molecule has 5 nitrogen and oxygen atoms in total. The molecule has 3 heterocycles. The molecule has 26 heavy (non-hydrogen) atoms. The lowest BCUT2D eigenvalue weighted by atomic mass is 9.82. The minimum absolute atomic E-state index is 0.114. The van der Waals surface area contributed by atoms with E-state index in [9.17, 15) is 0 Å². The number of para-hydroxylation sites is 1. The number of fused-ring (bicyclic) bond motifs is 4. The Balaban J connectivity index is 1.34. The second-order valence-corrected chi connectivity index (χ2v) is 8.32. The highest BCUT2D eigenvalue weighted by Crippen LogP contribution is 2.42. The lowest BCUT2D eigenvalue weighted by Crippen LogP contribution is -2.55. The maximum atomic E-state index is 4.62. The van der Waals surface area contributed by atoms with Gasteiger partial charge in [0.25, 0.3) is 0 Å². The second kappa shape index (κ2) is 6.38. The Hall–Kier alpha value is -1.88. The molecule has 5 rings (SSSR count). The van der Waals surface area contributed by atoms with E-state index in [0.717, 1.165) is 49.3 Å². The Morgan fingerprint density at radius 3 is 2.65 bits per heavy atom. The van der Waals surface area contributed by atoms with Crippen molar-refractivity contribution in [1.82, 2.24) is 19.7 Å². The zero-order valence-electron chi connectivity index (χ0n) is 15.7. The minimum Gasteiger partial charge on any atom is -0.360 e. The Morgan fingerprint density at radius 2 is 1.88 bits per heavy atom. The van der Waals surface area contributed by atoms with Crippen LogP contribution in [0.2, 0.25) is 0 Å². The maximum absolute atomic E-state index is 4.62. The average molecular weight is 351 g/mol. The SMILES string of the molecule is CCC1CCC(N2CCC3(CC2)Nc2ccccc2-c2ncnn23)CC1. The van der Waals surface area contributed by atoms with Gasteiger partial charge in [0.05, 0.1) is 0 Å². The summed E-state index contributed by atoms with van der Waals surface area (Å²) in [6.07, 6.45) is 10.8. The molecule has 2 aromatic rings. The highest BCUT2D eigenvalue weighted by atomic mass is 15.5. The zero-order chi connectivity index (χ0) is 17.6. The molecule has 1 saturated carbocycles. The number of aromatic nitrogens is 3. The predicted molar refractivity (Wildman–Crippen MR) is 104 cm³/mol. The van der Waals surface area contributed by atoms with Crippen molar-refractivity contribution in [1.29, 1.82) is 0 Å². The van der Waals surface area contributed by atoms with Crippen molar-refractivity contribution in [2.75, 3.05) is 18.4 Å². The van der Waals surface area contributed by atoms with E-state index >= 15 is 0 Å². The number of hydrogen-bond acceptors (Lipinski definition) is 4. The van der Waals surface area contributed by atoms with Crippen LogP contribution in [0, 0.1) is 5.92 Å². The van der Waals surface area contributed by atoms with Crippen LogP contribution >= 0.6 is 0 Å². The molecule has 1 aromatic heterocycles. The monoisotopic (exact) mass is 351 g/mol. The minimum atomic E-state index is -0.114. The number of hydrogen-bond donors (Lipinski definition) is 1. The molecule has 1 saturated heterocycles. The van der Waals surface area contributed by atoms with Crippen molar-refractivity contribution >= 4 is 5.69 Å². The summed E-state index contributed by atoms with van der Waals surface area (Å²) < 4.78 is 2.15. The summed E-state index contributed by atoms with van der Waals surface area (Å²) in [7, 11) is 0. The fourth-order valence-electron chi connectivity index (χ4n) is 5.34. The fraction of sp³-hybridized carbons (Fsp3) is 0.619. The molecule has 138 valence electrons. The lowest BCUT2D eigenvalue weighted by Gasteiger charge is -2.48. The summed E-state index contributed by atoms with van der Waals surface area (Å²) in [6, 6.07) is 9.28. The van der Waals surface area contributed by atoms with Crippen molar-refractivity contribution in [3.8, 4) is 11.4 Å². The van der Waals surface area contributed by atoms with Crippen LogP contribution in [0.3, 0.4) is 0 Å². The summed E-state index contributed by atoms with van der Waals surface area (Å²) in [5.41, 5.74) is 2.25. The van der Waals surface area contributed by atoms with E-state index in [4.69, 9.17) is 0 Å². The quantitative estimate of drug-likeness (QED) is 0.885. The van der Waals surface area contributed by atoms with Crippen molar-refractivity contribution < 1.29 is 0 Å². The molecule has 1 aliphatic carbocycles. The van der Waals surface area contributed by atoms with Gasteiger partial charge in [0.15, 0.2) is 5.82 Å². The Kier molecular flexibility index (Phi) is 4.00. The number of benzene rings is 1. The largest absolute Gasteiger partial charge is 0.360 e. The van der Waals surface area contributed by atoms with Gasteiger partial charge in [0.2, 0.25) is 0 Å². The first-order chi connectivity index (χ1) is 12.8. The molecule has 2 aliphatic heterocycles. The van der Waals surface area contributed by atoms with Crippen molar-refractivity contribution in [2.45, 2.75) is 63.6 Å². The van der Waals surface area contributed by atoms with Gasteiger partial charge in [0.1, 0.15) is 12.0 Å². The number of piperidine rings is 1. The van der Waals surface area contributed by atoms with Crippen LogP contribution in [-0.2, 0) is 5.66 Å². The van der Waals surface area contributed by atoms with E-state index in [-0.39, 0.29) is 5.66 Å². The standard InChI is InChI=1S/C21H29N5/c1-2-16-7-9-17(10-8-16)25-13-11-21(12-14-25)24-19-6-4-3-5-18(19)20-22-15-23-26(20)21/h3-6,15-17,24H,2,7-14H2,1H3. The molecule has 0 amide bonds. The topological polar surface area (TPSA) is 46.0 Å². The first kappa shape index (κ1) is 16.3. The first-order valence-corrected chi connectivity index (χ1v) is 10.3. The van der Waals surface area contributed by atoms with Gasteiger partial charge in [-0.15, -0.1) is 0 Å². The van der Waals surface area contributed by atoms with Gasteiger partial charge in [-0.25, -0.2) is 9.67 Å². The second-order valence-electron chi connectivity index (χ2n) is 8.32. The molecular formula is C21H29N5. The van der Waals surface area contributed by atoms with Crippen LogP contribution in [-0.4, -0.2) is 38.8 Å². The predicted octanol–water partition coefficient (Wildman–Crippen LogP) is 4.09. The van der Waals surface area contributed by atoms with Gasteiger partial charge in [-0.2, -0.15) is 5.10 Å². The molecule has 1 spiro atoms. The van der Waals surface area contributed by atoms with Crippen LogP contribution in [0.5, 0.6) is 0 Å². The molecule has 1 aromatic carbocycles. The van der Waals surface area contributed by atoms with Crippen LogP contribution in [0.15, 0.2) is 30.6 Å². The molecule has 3 aliphatic rings. The first-order valence-electron chi connectivity index (χ1n) is 10.3. The van der Waals surface area contributed by atoms with Crippen LogP contribution in [0.4, 0.5) is 5.69 Å². The summed E-state index contributed by atoms with van der Waals surface area (Å²) in [6.45, 7) is 4.64. The third kappa shape index (κ3) is 2.56. The number of nitrogens with zero attached hydrogens (tertiary/aromatic N) is 4. The van der Waals surface area contributed by atoms with Crippen LogP contribution in [0.1, 0.15) is 51.9 Å². The van der Waals surface area contributed by atoms with E-state index in [0.29, 0.717) is 0 Å². The number of likely N-dealkylation sites (tertiary alicyclic amines) is 1. The van der Waals surface area contributed by atoms with E-state index in [1.54, 1.807) is 6.33 Å². The van der Waals surface area contributed by atoms with E-state index in [2.05, 4.69) is 56.2 Å². The average Bonchev–Trinajstić information content (AvgIpc) is 3.20. The Morgan fingerprint density at radius 1 is 1.12 bits per heavy atom. The number of nitrogens with one attached hydrogen (secondary N) is 1. The normalized spacial score (nSPS) is 27.6. The smallest absolute Gasteiger partial charge is 0.162 e. The van der Waals surface area contributed by atoms with Crippen molar-refractivity contribution in [3.05, 3.63) is 30.6 Å². The van der Waals surface area contributed by atoms with Gasteiger partial charge in [-0.3, -0.25) is 0 Å². The molecule has 0 atom stereocenters. The van der Waals surface area contributed by atoms with Crippen molar-refractivity contribution in [2.24, 2.45) is 5.92 Å². The maximum Gasteiger partial charge on any atom is 0.162 e. The highest BCUT2D eigenvalue weighted by Gasteiger charge is 2.43. The number of anilines is 1. The summed E-state index contributed by atoms with van der Waals surface area (Å²) >= 11 is 0. The fourth-order valence-corrected chi connectivity index (χ4v) is 5.34. The van der Waals surface area contributed by atoms with E-state index < -0.39 is 0 Å².